The fourth-order valence-electron chi connectivity index (χ4n) is 2.69. The molecular formula is C14H20N2O4. The molecule has 20 heavy (non-hydrogen) atoms. The van der Waals surface area contributed by atoms with Gasteiger partial charge in [0, 0.05) is 19.2 Å². The number of carboxylic acid groups (broad SMARTS) is 1. The monoisotopic (exact) mass is 280 g/mol. The number of carboxylic acids is 1. The van der Waals surface area contributed by atoms with Crippen molar-refractivity contribution in [1.29, 1.82) is 0 Å². The number of urea groups is 1. The molecule has 0 aromatic carbocycles. The molecule has 2 N–H and O–H groups in total. The van der Waals surface area contributed by atoms with Crippen molar-refractivity contribution in [2.45, 2.75) is 25.8 Å². The maximum Gasteiger partial charge on any atom is 0.317 e. The Hall–Kier alpha value is -1.98. The van der Waals surface area contributed by atoms with Gasteiger partial charge in [0.05, 0.1) is 25.0 Å². The second-order valence-corrected chi connectivity index (χ2v) is 5.31. The molecule has 1 fully saturated rings. The van der Waals surface area contributed by atoms with Crippen LogP contribution in [0.15, 0.2) is 23.0 Å². The smallest absolute Gasteiger partial charge is 0.317 e. The van der Waals surface area contributed by atoms with E-state index in [0.717, 1.165) is 18.4 Å². The number of hydrogen-bond acceptors (Lipinski definition) is 3. The average molecular weight is 280 g/mol. The number of furan rings is 1. The fraction of sp³-hybridized carbons (Fsp3) is 0.571. The van der Waals surface area contributed by atoms with Gasteiger partial charge >= 0.3 is 12.0 Å². The van der Waals surface area contributed by atoms with Gasteiger partial charge in [-0.15, -0.1) is 0 Å². The largest absolute Gasteiger partial charge is 0.481 e. The van der Waals surface area contributed by atoms with Gasteiger partial charge in [-0.2, -0.15) is 0 Å². The third-order valence-corrected chi connectivity index (χ3v) is 3.84. The molecule has 0 bridgehead atoms. The molecule has 1 aromatic rings. The Morgan fingerprint density at radius 2 is 2.30 bits per heavy atom. The van der Waals surface area contributed by atoms with Crippen LogP contribution in [-0.2, 0) is 11.3 Å². The van der Waals surface area contributed by atoms with Crippen molar-refractivity contribution in [1.82, 2.24) is 10.2 Å². The van der Waals surface area contributed by atoms with Gasteiger partial charge in [-0.05, 0) is 24.8 Å². The Kier molecular flexibility index (Phi) is 4.65. The number of amides is 2. The Balaban J connectivity index is 1.78. The van der Waals surface area contributed by atoms with Crippen LogP contribution in [0.4, 0.5) is 4.79 Å². The summed E-state index contributed by atoms with van der Waals surface area (Å²) in [5.74, 6) is -1.04. The molecule has 2 atom stereocenters. The van der Waals surface area contributed by atoms with E-state index in [0.29, 0.717) is 19.5 Å². The second-order valence-electron chi connectivity index (χ2n) is 5.31. The van der Waals surface area contributed by atoms with Gasteiger partial charge < -0.3 is 19.7 Å². The number of nitrogens with one attached hydrogen (secondary N) is 1. The van der Waals surface area contributed by atoms with E-state index < -0.39 is 5.97 Å². The Morgan fingerprint density at radius 3 is 2.95 bits per heavy atom. The molecule has 6 heteroatoms. The first-order valence-corrected chi connectivity index (χ1v) is 6.80. The molecule has 2 rings (SSSR count). The molecule has 1 aliphatic rings. The van der Waals surface area contributed by atoms with Crippen molar-refractivity contribution in [3.8, 4) is 0 Å². The SMILES string of the molecule is CN(Cc1ccoc1)C(=O)NCC1CCCC1C(=O)O. The summed E-state index contributed by atoms with van der Waals surface area (Å²) in [6.45, 7) is 0.890. The Morgan fingerprint density at radius 1 is 1.50 bits per heavy atom. The summed E-state index contributed by atoms with van der Waals surface area (Å²) in [5.41, 5.74) is 0.923. The quantitative estimate of drug-likeness (QED) is 0.863. The number of nitrogens with zero attached hydrogens (tertiary/aromatic N) is 1. The first kappa shape index (κ1) is 14.4. The highest BCUT2D eigenvalue weighted by atomic mass is 16.4. The standard InChI is InChI=1S/C14H20N2O4/c1-16(8-10-5-6-20-9-10)14(19)15-7-11-3-2-4-12(11)13(17)18/h5-6,9,11-12H,2-4,7-8H2,1H3,(H,15,19)(H,17,18). The van der Waals surface area contributed by atoms with Gasteiger partial charge in [0.1, 0.15) is 0 Å². The van der Waals surface area contributed by atoms with Gasteiger partial charge in [-0.1, -0.05) is 6.42 Å². The van der Waals surface area contributed by atoms with E-state index in [1.165, 1.54) is 0 Å². The molecule has 0 aliphatic heterocycles. The minimum absolute atomic E-state index is 0.0405. The zero-order valence-electron chi connectivity index (χ0n) is 11.5. The highest BCUT2D eigenvalue weighted by molar-refractivity contribution is 5.74. The molecule has 0 radical (unpaired) electrons. The summed E-state index contributed by atoms with van der Waals surface area (Å²) in [5, 5.41) is 11.9. The summed E-state index contributed by atoms with van der Waals surface area (Å²) in [7, 11) is 1.70. The number of carbonyl (C=O) groups excluding carboxylic acids is 1. The van der Waals surface area contributed by atoms with E-state index in [2.05, 4.69) is 5.32 Å². The minimum atomic E-state index is -0.756. The molecule has 2 amide bonds. The van der Waals surface area contributed by atoms with Crippen molar-refractivity contribution in [3.63, 3.8) is 0 Å². The molecule has 6 nitrogen and oxygen atoms in total. The lowest BCUT2D eigenvalue weighted by molar-refractivity contribution is -0.142. The van der Waals surface area contributed by atoms with Gasteiger partial charge in [-0.3, -0.25) is 4.79 Å². The summed E-state index contributed by atoms with van der Waals surface area (Å²) in [6, 6.07) is 1.61. The van der Waals surface area contributed by atoms with Crippen LogP contribution in [0.3, 0.4) is 0 Å². The lowest BCUT2D eigenvalue weighted by Crippen LogP contribution is -2.40. The highest BCUT2D eigenvalue weighted by Crippen LogP contribution is 2.31. The highest BCUT2D eigenvalue weighted by Gasteiger charge is 2.33. The summed E-state index contributed by atoms with van der Waals surface area (Å²) >= 11 is 0. The van der Waals surface area contributed by atoms with E-state index in [4.69, 9.17) is 9.52 Å². The lowest BCUT2D eigenvalue weighted by Gasteiger charge is -2.20. The van der Waals surface area contributed by atoms with Crippen LogP contribution in [0.1, 0.15) is 24.8 Å². The molecular weight excluding hydrogens is 260 g/mol. The first-order valence-electron chi connectivity index (χ1n) is 6.80. The van der Waals surface area contributed by atoms with Crippen LogP contribution < -0.4 is 5.32 Å². The third-order valence-electron chi connectivity index (χ3n) is 3.84. The average Bonchev–Trinajstić information content (AvgIpc) is 3.06. The van der Waals surface area contributed by atoms with Crippen LogP contribution in [0.2, 0.25) is 0 Å². The Bertz CT molecular complexity index is 458. The maximum atomic E-state index is 11.9. The minimum Gasteiger partial charge on any atom is -0.481 e. The van der Waals surface area contributed by atoms with Gasteiger partial charge in [0.25, 0.3) is 0 Å². The molecule has 1 saturated carbocycles. The lowest BCUT2D eigenvalue weighted by atomic mass is 9.96. The second kappa shape index (κ2) is 6.45. The maximum absolute atomic E-state index is 11.9. The molecule has 1 aliphatic carbocycles. The van der Waals surface area contributed by atoms with Gasteiger partial charge in [0.2, 0.25) is 0 Å². The molecule has 0 saturated heterocycles. The van der Waals surface area contributed by atoms with Crippen LogP contribution >= 0.6 is 0 Å². The summed E-state index contributed by atoms with van der Waals surface area (Å²) in [6.07, 6.45) is 5.66. The third kappa shape index (κ3) is 3.53. The zero-order chi connectivity index (χ0) is 14.5. The fourth-order valence-corrected chi connectivity index (χ4v) is 2.69. The topological polar surface area (TPSA) is 82.8 Å². The van der Waals surface area contributed by atoms with Crippen LogP contribution in [0.25, 0.3) is 0 Å². The van der Waals surface area contributed by atoms with Crippen molar-refractivity contribution in [3.05, 3.63) is 24.2 Å². The van der Waals surface area contributed by atoms with Gasteiger partial charge in [-0.25, -0.2) is 4.79 Å². The van der Waals surface area contributed by atoms with Crippen LogP contribution in [0.5, 0.6) is 0 Å². The number of carbonyl (C=O) groups is 2. The number of aliphatic carboxylic acids is 1. The van der Waals surface area contributed by atoms with E-state index >= 15 is 0 Å². The van der Waals surface area contributed by atoms with E-state index in [-0.39, 0.29) is 17.9 Å². The summed E-state index contributed by atoms with van der Waals surface area (Å²) < 4.78 is 4.95. The molecule has 110 valence electrons. The number of hydrogen-bond donors (Lipinski definition) is 2. The van der Waals surface area contributed by atoms with Crippen LogP contribution in [0, 0.1) is 11.8 Å². The van der Waals surface area contributed by atoms with Crippen molar-refractivity contribution in [2.24, 2.45) is 11.8 Å². The van der Waals surface area contributed by atoms with Crippen molar-refractivity contribution >= 4 is 12.0 Å². The molecule has 1 heterocycles. The number of rotatable bonds is 5. The van der Waals surface area contributed by atoms with Crippen LogP contribution in [-0.4, -0.2) is 35.6 Å². The first-order chi connectivity index (χ1) is 9.58. The van der Waals surface area contributed by atoms with E-state index in [1.54, 1.807) is 30.5 Å². The predicted octanol–water partition coefficient (Wildman–Crippen LogP) is 1.92. The van der Waals surface area contributed by atoms with Gasteiger partial charge in [0.15, 0.2) is 0 Å². The molecule has 1 aromatic heterocycles. The van der Waals surface area contributed by atoms with E-state index in [9.17, 15) is 9.59 Å². The van der Waals surface area contributed by atoms with E-state index in [1.807, 2.05) is 0 Å². The molecule has 0 spiro atoms. The zero-order valence-corrected chi connectivity index (χ0v) is 11.5. The summed E-state index contributed by atoms with van der Waals surface area (Å²) in [4.78, 5) is 24.6. The van der Waals surface area contributed by atoms with Crippen molar-refractivity contribution < 1.29 is 19.1 Å². The Labute approximate surface area is 117 Å². The predicted molar refractivity (Wildman–Crippen MR) is 72.0 cm³/mol. The van der Waals surface area contributed by atoms with Crippen molar-refractivity contribution in [2.75, 3.05) is 13.6 Å². The molecule has 2 unspecified atom stereocenters. The normalized spacial score (nSPS) is 21.6.